The Labute approximate surface area is 114 Å². The van der Waals surface area contributed by atoms with Crippen LogP contribution in [0.15, 0.2) is 24.3 Å². The topological polar surface area (TPSA) is 58.6 Å². The van der Waals surface area contributed by atoms with E-state index in [1.807, 2.05) is 24.3 Å². The van der Waals surface area contributed by atoms with Crippen LogP contribution in [-0.2, 0) is 4.79 Å². The van der Waals surface area contributed by atoms with E-state index in [0.717, 1.165) is 11.3 Å². The summed E-state index contributed by atoms with van der Waals surface area (Å²) in [6.07, 6.45) is 0. The molecule has 0 aliphatic carbocycles. The molecule has 0 fully saturated rings. The van der Waals surface area contributed by atoms with E-state index in [2.05, 4.69) is 19.2 Å². The lowest BCUT2D eigenvalue weighted by molar-refractivity contribution is -0.125. The van der Waals surface area contributed by atoms with Crippen molar-refractivity contribution in [2.24, 2.45) is 0 Å². The summed E-state index contributed by atoms with van der Waals surface area (Å²) in [6, 6.07) is 7.70. The molecule has 4 nitrogen and oxygen atoms in total. The van der Waals surface area contributed by atoms with Crippen molar-refractivity contribution in [3.05, 3.63) is 29.8 Å². The molecule has 1 amide bonds. The van der Waals surface area contributed by atoms with Crippen molar-refractivity contribution < 1.29 is 14.6 Å². The highest BCUT2D eigenvalue weighted by molar-refractivity contribution is 5.78. The summed E-state index contributed by atoms with van der Waals surface area (Å²) in [5, 5.41) is 11.8. The van der Waals surface area contributed by atoms with Gasteiger partial charge in [-0.2, -0.15) is 0 Å². The molecule has 0 bridgehead atoms. The third kappa shape index (κ3) is 4.91. The lowest BCUT2D eigenvalue weighted by atomic mass is 10.0. The summed E-state index contributed by atoms with van der Waals surface area (Å²) < 4.78 is 5.56. The van der Waals surface area contributed by atoms with Gasteiger partial charge in [-0.25, -0.2) is 0 Å². The van der Waals surface area contributed by atoms with Crippen LogP contribution in [0.25, 0.3) is 0 Å². The van der Waals surface area contributed by atoms with Crippen molar-refractivity contribution in [1.29, 1.82) is 0 Å². The van der Waals surface area contributed by atoms with Crippen LogP contribution in [0.5, 0.6) is 5.75 Å². The third-order valence-corrected chi connectivity index (χ3v) is 2.77. The average molecular weight is 265 g/mol. The molecule has 106 valence electrons. The van der Waals surface area contributed by atoms with Crippen molar-refractivity contribution in [1.82, 2.24) is 5.32 Å². The van der Waals surface area contributed by atoms with Crippen LogP contribution < -0.4 is 10.1 Å². The molecule has 1 aromatic rings. The Kier molecular flexibility index (Phi) is 5.36. The maximum Gasteiger partial charge on any atom is 0.258 e. The van der Waals surface area contributed by atoms with E-state index < -0.39 is 5.54 Å². The molecule has 19 heavy (non-hydrogen) atoms. The van der Waals surface area contributed by atoms with Crippen LogP contribution in [0.4, 0.5) is 0 Å². The molecule has 0 heterocycles. The van der Waals surface area contributed by atoms with E-state index >= 15 is 0 Å². The molecule has 0 aliphatic heterocycles. The predicted molar refractivity (Wildman–Crippen MR) is 75.3 cm³/mol. The highest BCUT2D eigenvalue weighted by atomic mass is 16.5. The number of aliphatic hydroxyl groups excluding tert-OH is 1. The number of carbonyl (C=O) groups excluding carboxylic acids is 1. The first-order valence-electron chi connectivity index (χ1n) is 6.49. The number of para-hydroxylation sites is 1. The Morgan fingerprint density at radius 1 is 1.37 bits per heavy atom. The van der Waals surface area contributed by atoms with Crippen molar-refractivity contribution in [2.45, 2.75) is 39.2 Å². The van der Waals surface area contributed by atoms with Gasteiger partial charge >= 0.3 is 0 Å². The molecule has 1 aromatic carbocycles. The van der Waals surface area contributed by atoms with Gasteiger partial charge in [-0.05, 0) is 31.4 Å². The van der Waals surface area contributed by atoms with E-state index in [0.29, 0.717) is 5.92 Å². The molecule has 2 N–H and O–H groups in total. The maximum atomic E-state index is 11.7. The van der Waals surface area contributed by atoms with Gasteiger partial charge < -0.3 is 15.2 Å². The number of benzene rings is 1. The zero-order chi connectivity index (χ0) is 14.5. The monoisotopic (exact) mass is 265 g/mol. The van der Waals surface area contributed by atoms with Crippen LogP contribution in [0, 0.1) is 0 Å². The summed E-state index contributed by atoms with van der Waals surface area (Å²) in [5.74, 6) is 0.834. The first-order valence-corrected chi connectivity index (χ1v) is 6.49. The minimum atomic E-state index is -0.627. The van der Waals surface area contributed by atoms with Gasteiger partial charge in [0.1, 0.15) is 5.75 Å². The fraction of sp³-hybridized carbons (Fsp3) is 0.533. The quantitative estimate of drug-likeness (QED) is 0.828. The van der Waals surface area contributed by atoms with Gasteiger partial charge in [0.05, 0.1) is 12.1 Å². The zero-order valence-electron chi connectivity index (χ0n) is 12.1. The van der Waals surface area contributed by atoms with E-state index in [1.54, 1.807) is 13.8 Å². The minimum Gasteiger partial charge on any atom is -0.483 e. The van der Waals surface area contributed by atoms with E-state index in [4.69, 9.17) is 9.84 Å². The van der Waals surface area contributed by atoms with Crippen LogP contribution >= 0.6 is 0 Å². The van der Waals surface area contributed by atoms with Gasteiger partial charge in [-0.1, -0.05) is 32.0 Å². The van der Waals surface area contributed by atoms with Crippen LogP contribution in [0.2, 0.25) is 0 Å². The maximum absolute atomic E-state index is 11.7. The number of hydrogen-bond donors (Lipinski definition) is 2. The molecule has 4 heteroatoms. The number of rotatable bonds is 6. The minimum absolute atomic E-state index is 0.0484. The molecular formula is C15H23NO3. The highest BCUT2D eigenvalue weighted by Crippen LogP contribution is 2.25. The summed E-state index contributed by atoms with van der Waals surface area (Å²) in [5.41, 5.74) is 0.453. The molecule has 0 spiro atoms. The molecular weight excluding hydrogens is 242 g/mol. The molecule has 0 saturated heterocycles. The van der Waals surface area contributed by atoms with E-state index in [9.17, 15) is 4.79 Å². The van der Waals surface area contributed by atoms with Crippen LogP contribution in [0.1, 0.15) is 39.2 Å². The van der Waals surface area contributed by atoms with E-state index in [1.165, 1.54) is 0 Å². The van der Waals surface area contributed by atoms with Crippen LogP contribution in [-0.4, -0.2) is 29.8 Å². The SMILES string of the molecule is CC(C)c1ccccc1OCC(=O)NC(C)(C)CO. The highest BCUT2D eigenvalue weighted by Gasteiger charge is 2.19. The molecule has 0 unspecified atom stereocenters. The number of amides is 1. The number of carbonyl (C=O) groups is 1. The number of ether oxygens (including phenoxy) is 1. The molecule has 0 saturated carbocycles. The van der Waals surface area contributed by atoms with Crippen molar-refractivity contribution in [3.63, 3.8) is 0 Å². The summed E-state index contributed by atoms with van der Waals surface area (Å²) in [7, 11) is 0. The molecule has 1 rings (SSSR count). The molecule has 0 atom stereocenters. The lowest BCUT2D eigenvalue weighted by Crippen LogP contribution is -2.48. The van der Waals surface area contributed by atoms with Gasteiger partial charge in [0, 0.05) is 0 Å². The second kappa shape index (κ2) is 6.57. The van der Waals surface area contributed by atoms with Crippen molar-refractivity contribution >= 4 is 5.91 Å². The normalized spacial score (nSPS) is 11.5. The van der Waals surface area contributed by atoms with E-state index in [-0.39, 0.29) is 19.1 Å². The fourth-order valence-corrected chi connectivity index (χ4v) is 1.69. The fourth-order valence-electron chi connectivity index (χ4n) is 1.69. The lowest BCUT2D eigenvalue weighted by Gasteiger charge is -2.23. The first kappa shape index (κ1) is 15.5. The average Bonchev–Trinajstić information content (AvgIpc) is 2.36. The van der Waals surface area contributed by atoms with Gasteiger partial charge in [0.2, 0.25) is 0 Å². The Morgan fingerprint density at radius 2 is 2.00 bits per heavy atom. The number of aliphatic hydroxyl groups is 1. The zero-order valence-corrected chi connectivity index (χ0v) is 12.1. The summed E-state index contributed by atoms with van der Waals surface area (Å²) in [6.45, 7) is 7.52. The second-order valence-corrected chi connectivity index (χ2v) is 5.57. The Morgan fingerprint density at radius 3 is 2.58 bits per heavy atom. The summed E-state index contributed by atoms with van der Waals surface area (Å²) >= 11 is 0. The number of nitrogens with one attached hydrogen (secondary N) is 1. The Hall–Kier alpha value is -1.55. The predicted octanol–water partition coefficient (Wildman–Crippen LogP) is 2.08. The number of hydrogen-bond acceptors (Lipinski definition) is 3. The third-order valence-electron chi connectivity index (χ3n) is 2.77. The molecule has 0 aliphatic rings. The molecule has 0 aromatic heterocycles. The Bertz CT molecular complexity index is 427. The Balaban J connectivity index is 2.60. The van der Waals surface area contributed by atoms with Crippen molar-refractivity contribution in [2.75, 3.05) is 13.2 Å². The summed E-state index contributed by atoms with van der Waals surface area (Å²) in [4.78, 5) is 11.7. The van der Waals surface area contributed by atoms with Gasteiger partial charge in [0.15, 0.2) is 6.61 Å². The largest absolute Gasteiger partial charge is 0.483 e. The first-order chi connectivity index (χ1) is 8.85. The smallest absolute Gasteiger partial charge is 0.258 e. The standard InChI is InChI=1S/C15H23NO3/c1-11(2)12-7-5-6-8-13(12)19-9-14(18)16-15(3,4)10-17/h5-8,11,17H,9-10H2,1-4H3,(H,16,18). The van der Waals surface area contributed by atoms with Gasteiger partial charge in [-0.3, -0.25) is 4.79 Å². The van der Waals surface area contributed by atoms with Crippen molar-refractivity contribution in [3.8, 4) is 5.75 Å². The second-order valence-electron chi connectivity index (χ2n) is 5.57. The molecule has 0 radical (unpaired) electrons. The van der Waals surface area contributed by atoms with Crippen LogP contribution in [0.3, 0.4) is 0 Å². The van der Waals surface area contributed by atoms with Gasteiger partial charge in [-0.15, -0.1) is 0 Å². The van der Waals surface area contributed by atoms with Gasteiger partial charge in [0.25, 0.3) is 5.91 Å².